The fourth-order valence-electron chi connectivity index (χ4n) is 1.69. The second-order valence-electron chi connectivity index (χ2n) is 4.37. The van der Waals surface area contributed by atoms with Crippen molar-refractivity contribution >= 4 is 39.2 Å². The molecule has 0 unspecified atom stereocenters. The summed E-state index contributed by atoms with van der Waals surface area (Å²) < 4.78 is 22.5. The Morgan fingerprint density at radius 1 is 1.26 bits per heavy atom. The van der Waals surface area contributed by atoms with E-state index < -0.39 is 20.6 Å². The fourth-order valence-corrected chi connectivity index (χ4v) is 2.40. The minimum Gasteiger partial charge on any atom is -0.272 e. The average molecular weight is 355 g/mol. The van der Waals surface area contributed by atoms with Crippen LogP contribution in [0.1, 0.15) is 5.56 Å². The molecule has 0 atom stereocenters. The van der Waals surface area contributed by atoms with Crippen LogP contribution in [-0.4, -0.2) is 19.6 Å². The Labute approximate surface area is 136 Å². The summed E-state index contributed by atoms with van der Waals surface area (Å²) in [5, 5.41) is 20.3. The van der Waals surface area contributed by atoms with Crippen LogP contribution in [0.2, 0.25) is 5.02 Å². The van der Waals surface area contributed by atoms with Gasteiger partial charge in [-0.1, -0.05) is 29.8 Å². The maximum atomic E-state index is 11.2. The number of primary sulfonamides is 1. The molecule has 2 aromatic rings. The van der Waals surface area contributed by atoms with Gasteiger partial charge in [0.2, 0.25) is 10.0 Å². The van der Waals surface area contributed by atoms with Crippen LogP contribution in [-0.2, 0) is 10.0 Å². The second kappa shape index (κ2) is 6.73. The predicted molar refractivity (Wildman–Crippen MR) is 87.1 cm³/mol. The first-order valence-corrected chi connectivity index (χ1v) is 8.06. The number of hydrogen-bond acceptors (Lipinski definition) is 6. The van der Waals surface area contributed by atoms with Gasteiger partial charge in [0, 0.05) is 16.7 Å². The Morgan fingerprint density at radius 2 is 1.96 bits per heavy atom. The zero-order valence-electron chi connectivity index (χ0n) is 11.5. The van der Waals surface area contributed by atoms with Crippen LogP contribution in [0.25, 0.3) is 0 Å². The molecule has 0 radical (unpaired) electrons. The Balaban J connectivity index is 2.30. The van der Waals surface area contributed by atoms with Gasteiger partial charge in [-0.3, -0.25) is 15.5 Å². The Kier molecular flexibility index (Phi) is 4.94. The van der Waals surface area contributed by atoms with E-state index >= 15 is 0 Å². The smallest absolute Gasteiger partial charge is 0.272 e. The van der Waals surface area contributed by atoms with Gasteiger partial charge in [-0.2, -0.15) is 5.10 Å². The van der Waals surface area contributed by atoms with Crippen LogP contribution in [0.4, 0.5) is 11.4 Å². The van der Waals surface area contributed by atoms with Crippen molar-refractivity contribution in [2.45, 2.75) is 4.90 Å². The van der Waals surface area contributed by atoms with Crippen LogP contribution < -0.4 is 10.6 Å². The molecule has 0 saturated carbocycles. The molecule has 2 aromatic carbocycles. The van der Waals surface area contributed by atoms with Crippen LogP contribution in [0.15, 0.2) is 52.5 Å². The first kappa shape index (κ1) is 16.9. The lowest BCUT2D eigenvalue weighted by Crippen LogP contribution is -2.12. The van der Waals surface area contributed by atoms with E-state index in [2.05, 4.69) is 10.5 Å². The zero-order chi connectivity index (χ0) is 17.0. The molecule has 0 amide bonds. The third-order valence-electron chi connectivity index (χ3n) is 2.79. The number of nitro groups is 1. The van der Waals surface area contributed by atoms with E-state index in [0.29, 0.717) is 10.6 Å². The van der Waals surface area contributed by atoms with Crippen molar-refractivity contribution in [3.05, 3.63) is 63.2 Å². The van der Waals surface area contributed by atoms with E-state index in [1.165, 1.54) is 12.3 Å². The molecule has 120 valence electrons. The molecule has 10 heteroatoms. The number of hydrogen-bond donors (Lipinski definition) is 2. The SMILES string of the molecule is NS(=O)(=O)c1ccc(NN=Cc2ccccc2Cl)c([N+](=O)[O-])c1. The first-order chi connectivity index (χ1) is 10.8. The Hall–Kier alpha value is -2.49. The molecule has 0 spiro atoms. The molecule has 3 N–H and O–H groups in total. The lowest BCUT2D eigenvalue weighted by atomic mass is 10.2. The van der Waals surface area contributed by atoms with E-state index in [-0.39, 0.29) is 10.6 Å². The zero-order valence-corrected chi connectivity index (χ0v) is 13.1. The number of nitrogens with one attached hydrogen (secondary N) is 1. The molecule has 0 aliphatic rings. The van der Waals surface area contributed by atoms with Gasteiger partial charge >= 0.3 is 0 Å². The van der Waals surface area contributed by atoms with Crippen LogP contribution in [0.3, 0.4) is 0 Å². The Morgan fingerprint density at radius 3 is 2.57 bits per heavy atom. The molecule has 23 heavy (non-hydrogen) atoms. The maximum absolute atomic E-state index is 11.2. The minimum absolute atomic E-state index is 0.0192. The largest absolute Gasteiger partial charge is 0.295 e. The van der Waals surface area contributed by atoms with Gasteiger partial charge in [0.25, 0.3) is 5.69 Å². The summed E-state index contributed by atoms with van der Waals surface area (Å²) in [5.41, 5.74) is 2.65. The molecule has 2 rings (SSSR count). The minimum atomic E-state index is -4.03. The molecule has 0 heterocycles. The number of rotatable bonds is 5. The first-order valence-electron chi connectivity index (χ1n) is 6.14. The number of nitrogens with zero attached hydrogens (tertiary/aromatic N) is 2. The van der Waals surface area contributed by atoms with E-state index in [1.54, 1.807) is 24.3 Å². The molecular weight excluding hydrogens is 344 g/mol. The van der Waals surface area contributed by atoms with Gasteiger partial charge in [-0.15, -0.1) is 0 Å². The number of benzene rings is 2. The van der Waals surface area contributed by atoms with Gasteiger partial charge < -0.3 is 0 Å². The van der Waals surface area contributed by atoms with Gasteiger partial charge in [-0.05, 0) is 18.2 Å². The quantitative estimate of drug-likeness (QED) is 0.484. The summed E-state index contributed by atoms with van der Waals surface area (Å²) in [6, 6.07) is 10.1. The molecule has 0 fully saturated rings. The summed E-state index contributed by atoms with van der Waals surface area (Å²) in [6.45, 7) is 0. The molecular formula is C13H11ClN4O4S. The molecule has 0 bridgehead atoms. The summed E-state index contributed by atoms with van der Waals surface area (Å²) in [7, 11) is -4.03. The van der Waals surface area contributed by atoms with E-state index in [1.807, 2.05) is 0 Å². The highest BCUT2D eigenvalue weighted by Gasteiger charge is 2.18. The third kappa shape index (κ3) is 4.25. The van der Waals surface area contributed by atoms with Crippen molar-refractivity contribution in [2.75, 3.05) is 5.43 Å². The number of halogens is 1. The van der Waals surface area contributed by atoms with Crippen molar-refractivity contribution in [3.8, 4) is 0 Å². The van der Waals surface area contributed by atoms with Crippen LogP contribution >= 0.6 is 11.6 Å². The highest BCUT2D eigenvalue weighted by atomic mass is 35.5. The molecule has 0 aromatic heterocycles. The lowest BCUT2D eigenvalue weighted by molar-refractivity contribution is -0.384. The van der Waals surface area contributed by atoms with Crippen molar-refractivity contribution in [3.63, 3.8) is 0 Å². The summed E-state index contributed by atoms with van der Waals surface area (Å²) in [4.78, 5) is 9.95. The molecule has 0 aliphatic heterocycles. The van der Waals surface area contributed by atoms with Crippen LogP contribution in [0.5, 0.6) is 0 Å². The highest BCUT2D eigenvalue weighted by Crippen LogP contribution is 2.27. The number of hydrazone groups is 1. The van der Waals surface area contributed by atoms with E-state index in [9.17, 15) is 18.5 Å². The highest BCUT2D eigenvalue weighted by molar-refractivity contribution is 7.89. The monoisotopic (exact) mass is 354 g/mol. The Bertz CT molecular complexity index is 883. The van der Waals surface area contributed by atoms with Gasteiger partial charge in [0.1, 0.15) is 5.69 Å². The van der Waals surface area contributed by atoms with Crippen LogP contribution in [0, 0.1) is 10.1 Å². The van der Waals surface area contributed by atoms with E-state index in [4.69, 9.17) is 16.7 Å². The van der Waals surface area contributed by atoms with Gasteiger partial charge in [-0.25, -0.2) is 13.6 Å². The topological polar surface area (TPSA) is 128 Å². The van der Waals surface area contributed by atoms with Gasteiger partial charge in [0.05, 0.1) is 16.0 Å². The lowest BCUT2D eigenvalue weighted by Gasteiger charge is -2.04. The van der Waals surface area contributed by atoms with Crippen molar-refractivity contribution in [2.24, 2.45) is 10.2 Å². The standard InChI is InChI=1S/C13H11ClN4O4S/c14-11-4-2-1-3-9(11)8-16-17-12-6-5-10(23(15,21)22)7-13(12)18(19)20/h1-8,17H,(H2,15,21,22). The second-order valence-corrected chi connectivity index (χ2v) is 6.34. The number of sulfonamides is 1. The van der Waals surface area contributed by atoms with Crippen molar-refractivity contribution < 1.29 is 13.3 Å². The number of nitro benzene ring substituents is 1. The fraction of sp³-hybridized carbons (Fsp3) is 0. The summed E-state index contributed by atoms with van der Waals surface area (Å²) >= 11 is 5.95. The third-order valence-corrected chi connectivity index (χ3v) is 4.04. The molecule has 0 aliphatic carbocycles. The van der Waals surface area contributed by atoms with Crippen molar-refractivity contribution in [1.29, 1.82) is 0 Å². The van der Waals surface area contributed by atoms with E-state index in [0.717, 1.165) is 12.1 Å². The maximum Gasteiger partial charge on any atom is 0.295 e. The predicted octanol–water partition coefficient (Wildman–Crippen LogP) is 2.34. The molecule has 0 saturated heterocycles. The van der Waals surface area contributed by atoms with Gasteiger partial charge in [0.15, 0.2) is 0 Å². The van der Waals surface area contributed by atoms with Crippen molar-refractivity contribution in [1.82, 2.24) is 0 Å². The summed E-state index contributed by atoms with van der Waals surface area (Å²) in [5.74, 6) is 0. The number of anilines is 1. The average Bonchev–Trinajstić information content (AvgIpc) is 2.48. The molecule has 8 nitrogen and oxygen atoms in total. The number of nitrogens with two attached hydrogens (primary N) is 1. The summed E-state index contributed by atoms with van der Waals surface area (Å²) in [6.07, 6.45) is 1.39. The normalized spacial score (nSPS) is 11.6.